The number of aliphatic hydroxyl groups is 2. The molecule has 4 saturated heterocycles. The lowest BCUT2D eigenvalue weighted by molar-refractivity contribution is -0.0364. The second-order valence-electron chi connectivity index (χ2n) is 22.0. The third-order valence-corrected chi connectivity index (χ3v) is 23.6. The normalized spacial score (nSPS) is 24.7. The van der Waals surface area contributed by atoms with Gasteiger partial charge in [-0.05, 0) is 73.0 Å². The van der Waals surface area contributed by atoms with Crippen LogP contribution in [0, 0.1) is 0 Å². The molecule has 8 rings (SSSR count). The summed E-state index contributed by atoms with van der Waals surface area (Å²) in [6, 6.07) is 0. The Kier molecular flexibility index (Phi) is 17.2. The van der Waals surface area contributed by atoms with Gasteiger partial charge in [0.2, 0.25) is 11.9 Å². The standard InChI is InChI=1S/C28H52N10O3Si2.C16H24N10O3/c1-27(2,3)42(7,8)40-21-19(17-37-15-16-37)39-25(22(21)41-43(9,10)28(4,5)6)38-24-20(23(29)32-18-33-24)35-26(38)31-13-11-12-14-34-36-30;17-13-10-14(21-8-20-13)26(16(23-10)19-3-1-2-4-22-24-18)15-12(28)11(27)9(29-15)7-25-5-6-25/h18-19,21-22,25H,11-17H2,1-10H3,(H,31,35)(H2,29,32,33);8-9,11-12,15,27-28H,1-7H2,(H,19,23)(H2,17,20,21)/t19-,21-,22?,25-;9-,11+,12?,15-/m11/s1. The van der Waals surface area contributed by atoms with E-state index in [-0.39, 0.29) is 34.2 Å². The van der Waals surface area contributed by atoms with E-state index in [4.69, 9.17) is 45.8 Å². The molecule has 0 bridgehead atoms. The van der Waals surface area contributed by atoms with Crippen LogP contribution < -0.4 is 22.1 Å². The second-order valence-corrected chi connectivity index (χ2v) is 31.6. The predicted molar refractivity (Wildman–Crippen MR) is 280 cm³/mol. The maximum Gasteiger partial charge on any atom is 0.207 e. The monoisotopic (exact) mass is 1040 g/mol. The van der Waals surface area contributed by atoms with Gasteiger partial charge in [-0.15, -0.1) is 0 Å². The number of fused-ring (bicyclic) bond motifs is 2. The van der Waals surface area contributed by atoms with E-state index in [0.29, 0.717) is 72.8 Å². The van der Waals surface area contributed by atoms with Crippen LogP contribution >= 0.6 is 0 Å². The van der Waals surface area contributed by atoms with Crippen molar-refractivity contribution in [1.29, 1.82) is 0 Å². The van der Waals surface area contributed by atoms with Crippen molar-refractivity contribution in [3.8, 4) is 0 Å². The van der Waals surface area contributed by atoms with Crippen molar-refractivity contribution in [2.45, 2.75) is 153 Å². The van der Waals surface area contributed by atoms with Crippen molar-refractivity contribution >= 4 is 62.5 Å². The van der Waals surface area contributed by atoms with Gasteiger partial charge in [-0.1, -0.05) is 51.8 Å². The highest BCUT2D eigenvalue weighted by Gasteiger charge is 2.56. The number of nitrogen functional groups attached to an aromatic ring is 2. The summed E-state index contributed by atoms with van der Waals surface area (Å²) in [4.78, 5) is 36.5. The number of aliphatic hydroxyl groups excluding tert-OH is 2. The molecule has 28 heteroatoms. The SMILES string of the molecule is CC(C)(C)[Si](C)(C)OC1[C@H](n2c(NCCCCN=[N+]=[N-])nc3c(N)ncnc32)O[C@H](CN2CC2)[C@H]1O[Si](C)(C)C(C)(C)C.[N-]=[N+]=NCCCCNc1nc2c(N)ncnc2n1[C@@H]1O[C@H](CN2CC2)[C@H](O)C1O. The van der Waals surface area contributed by atoms with Crippen LogP contribution in [0.1, 0.15) is 79.7 Å². The highest BCUT2D eigenvalue weighted by atomic mass is 28.4. The number of anilines is 4. The number of nitrogens with zero attached hydrogens (tertiary/aromatic N) is 16. The number of aromatic nitrogens is 8. The summed E-state index contributed by atoms with van der Waals surface area (Å²) in [5.74, 6) is 1.54. The largest absolute Gasteiger partial charge is 0.408 e. The number of ether oxygens (including phenoxy) is 2. The molecule has 8 N–H and O–H groups in total. The fraction of sp³-hybridized carbons (Fsp3) is 0.773. The summed E-state index contributed by atoms with van der Waals surface area (Å²) < 4.78 is 31.2. The number of hydrogen-bond acceptors (Lipinski definition) is 20. The van der Waals surface area contributed by atoms with Gasteiger partial charge in [0, 0.05) is 75.3 Å². The van der Waals surface area contributed by atoms with Crippen LogP contribution in [-0.2, 0) is 18.3 Å². The first kappa shape index (κ1) is 54.8. The molecule has 4 aliphatic heterocycles. The van der Waals surface area contributed by atoms with Gasteiger partial charge in [-0.25, -0.2) is 29.9 Å². The third kappa shape index (κ3) is 12.7. The van der Waals surface area contributed by atoms with Crippen LogP contribution in [-0.4, -0.2) is 178 Å². The van der Waals surface area contributed by atoms with Crippen molar-refractivity contribution in [1.82, 2.24) is 48.8 Å². The van der Waals surface area contributed by atoms with Crippen LogP contribution in [0.4, 0.5) is 23.5 Å². The molecule has 0 amide bonds. The second kappa shape index (κ2) is 22.7. The Morgan fingerprint density at radius 3 is 1.54 bits per heavy atom. The van der Waals surface area contributed by atoms with Gasteiger partial charge in [-0.3, -0.25) is 18.9 Å². The Hall–Kier alpha value is -4.97. The van der Waals surface area contributed by atoms with E-state index in [1.165, 1.54) is 12.7 Å². The molecule has 0 radical (unpaired) electrons. The lowest BCUT2D eigenvalue weighted by Gasteiger charge is -2.44. The third-order valence-electron chi connectivity index (χ3n) is 14.6. The number of nitrogens with two attached hydrogens (primary N) is 2. The van der Waals surface area contributed by atoms with Gasteiger partial charge >= 0.3 is 0 Å². The lowest BCUT2D eigenvalue weighted by atomic mass is 10.1. The predicted octanol–water partition coefficient (Wildman–Crippen LogP) is 5.75. The smallest absolute Gasteiger partial charge is 0.207 e. The molecule has 0 aliphatic carbocycles. The van der Waals surface area contributed by atoms with E-state index in [9.17, 15) is 10.2 Å². The molecule has 2 unspecified atom stereocenters. The van der Waals surface area contributed by atoms with E-state index in [0.717, 1.165) is 58.4 Å². The van der Waals surface area contributed by atoms with E-state index in [2.05, 4.69) is 133 Å². The Labute approximate surface area is 422 Å². The summed E-state index contributed by atoms with van der Waals surface area (Å²) in [6.07, 6.45) is 0.898. The minimum absolute atomic E-state index is 0.0166. The van der Waals surface area contributed by atoms with E-state index in [1.807, 2.05) is 4.57 Å². The van der Waals surface area contributed by atoms with Crippen LogP contribution in [0.3, 0.4) is 0 Å². The van der Waals surface area contributed by atoms with Crippen molar-refractivity contribution in [2.24, 2.45) is 10.2 Å². The molecule has 396 valence electrons. The summed E-state index contributed by atoms with van der Waals surface area (Å²) in [5.41, 5.74) is 31.1. The molecule has 72 heavy (non-hydrogen) atoms. The summed E-state index contributed by atoms with van der Waals surface area (Å²) in [7, 11) is -4.51. The average molecular weight is 1040 g/mol. The molecule has 4 fully saturated rings. The van der Waals surface area contributed by atoms with Gasteiger partial charge in [0.25, 0.3) is 0 Å². The van der Waals surface area contributed by atoms with E-state index in [1.54, 1.807) is 4.57 Å². The molecule has 4 aromatic heterocycles. The molecule has 0 saturated carbocycles. The molecule has 4 aromatic rings. The van der Waals surface area contributed by atoms with Crippen LogP contribution in [0.5, 0.6) is 0 Å². The number of azide groups is 2. The summed E-state index contributed by atoms with van der Waals surface area (Å²) >= 11 is 0. The number of nitrogens with one attached hydrogen (secondary N) is 2. The van der Waals surface area contributed by atoms with Gasteiger partial charge in [0.1, 0.15) is 49.3 Å². The van der Waals surface area contributed by atoms with Gasteiger partial charge < -0.3 is 50.6 Å². The zero-order chi connectivity index (χ0) is 52.2. The molecule has 4 aliphatic rings. The zero-order valence-corrected chi connectivity index (χ0v) is 45.5. The average Bonchev–Trinajstić information content (AvgIpc) is 4.20. The molecule has 26 nitrogen and oxygen atoms in total. The van der Waals surface area contributed by atoms with Gasteiger partial charge in [-0.2, -0.15) is 0 Å². The van der Waals surface area contributed by atoms with Crippen LogP contribution in [0.2, 0.25) is 36.3 Å². The first-order valence-corrected chi connectivity index (χ1v) is 30.8. The van der Waals surface area contributed by atoms with Gasteiger partial charge in [0.15, 0.2) is 63.1 Å². The number of imidazole rings is 2. The topological polar surface area (TPSA) is 344 Å². The molecule has 0 aromatic carbocycles. The van der Waals surface area contributed by atoms with Crippen LogP contribution in [0.15, 0.2) is 22.9 Å². The fourth-order valence-electron chi connectivity index (χ4n) is 8.16. The maximum atomic E-state index is 10.7. The zero-order valence-electron chi connectivity index (χ0n) is 43.5. The van der Waals surface area contributed by atoms with Crippen molar-refractivity contribution < 1.29 is 28.5 Å². The molecule has 8 heterocycles. The van der Waals surface area contributed by atoms with Crippen molar-refractivity contribution in [3.63, 3.8) is 0 Å². The summed E-state index contributed by atoms with van der Waals surface area (Å²) in [5, 5.41) is 35.0. The van der Waals surface area contributed by atoms with Crippen LogP contribution in [0.25, 0.3) is 43.2 Å². The Bertz CT molecular complexity index is 2570. The van der Waals surface area contributed by atoms with E-state index >= 15 is 0 Å². The molecule has 0 spiro atoms. The minimum atomic E-state index is -2.29. The number of rotatable bonds is 22. The molecular weight excluding hydrogens is 961 g/mol. The van der Waals surface area contributed by atoms with Gasteiger partial charge in [0.05, 0.1) is 0 Å². The first-order chi connectivity index (χ1) is 34.1. The Balaban J connectivity index is 0.000000227. The number of unbranched alkanes of at least 4 members (excludes halogenated alkanes) is 2. The van der Waals surface area contributed by atoms with E-state index < -0.39 is 47.4 Å². The fourth-order valence-corrected chi connectivity index (χ4v) is 10.8. The lowest BCUT2D eigenvalue weighted by Crippen LogP contribution is -2.54. The highest BCUT2D eigenvalue weighted by molar-refractivity contribution is 6.74. The first-order valence-electron chi connectivity index (χ1n) is 25.0. The maximum absolute atomic E-state index is 10.7. The minimum Gasteiger partial charge on any atom is -0.408 e. The van der Waals surface area contributed by atoms with Crippen molar-refractivity contribution in [2.75, 3.05) is 87.5 Å². The Morgan fingerprint density at radius 1 is 0.667 bits per heavy atom. The summed E-state index contributed by atoms with van der Waals surface area (Å²) in [6.45, 7) is 30.1. The van der Waals surface area contributed by atoms with Crippen molar-refractivity contribution in [3.05, 3.63) is 33.5 Å². The quantitative estimate of drug-likeness (QED) is 0.0136. The molecule has 8 atom stereocenters. The number of hydrogen-bond donors (Lipinski definition) is 6. The molecular formula is C44H76N20O6Si2. The Morgan fingerprint density at radius 2 is 1.10 bits per heavy atom. The highest BCUT2D eigenvalue weighted by Crippen LogP contribution is 2.47.